The van der Waals surface area contributed by atoms with Crippen LogP contribution < -0.4 is 9.75 Å². The Labute approximate surface area is 161 Å². The Balaban J connectivity index is 1.98. The van der Waals surface area contributed by atoms with E-state index in [1.54, 1.807) is 56.3 Å². The van der Waals surface area contributed by atoms with Crippen LogP contribution in [0.15, 0.2) is 47.1 Å². The largest absolute Gasteiger partial charge is 0.503 e. The minimum Gasteiger partial charge on any atom is -0.503 e. The quantitative estimate of drug-likeness (QED) is 0.754. The van der Waals surface area contributed by atoms with Crippen LogP contribution in [0.5, 0.6) is 11.5 Å². The van der Waals surface area contributed by atoms with Crippen LogP contribution in [0.3, 0.4) is 0 Å². The number of hydrogen-bond donors (Lipinski definition) is 1. The molecule has 0 aliphatic carbocycles. The van der Waals surface area contributed by atoms with Gasteiger partial charge in [0.15, 0.2) is 11.5 Å². The second kappa shape index (κ2) is 7.40. The maximum atomic E-state index is 12.8. The summed E-state index contributed by atoms with van der Waals surface area (Å²) in [5, 5.41) is 16.2. The number of aromatic hydroxyl groups is 1. The Morgan fingerprint density at radius 2 is 2.04 bits per heavy atom. The fraction of sp³-hybridized carbons (Fsp3) is 0.158. The van der Waals surface area contributed by atoms with Crippen molar-refractivity contribution in [2.45, 2.75) is 13.8 Å². The van der Waals surface area contributed by atoms with Crippen LogP contribution in [0.25, 0.3) is 6.08 Å². The standard InChI is InChI=1S/C19H16Cl2N2O3/c1-3-26-17-9-12(8-16(21)18(17)24)7-15-11(2)22-23(19(15)25)14-6-4-5-13(20)10-14/h4-10,24H,3H2,1-2H3/b15-7+. The summed E-state index contributed by atoms with van der Waals surface area (Å²) >= 11 is 12.1. The summed E-state index contributed by atoms with van der Waals surface area (Å²) in [6, 6.07) is 10.1. The molecular formula is C19H16Cl2N2O3. The number of halogens is 2. The van der Waals surface area contributed by atoms with Crippen LogP contribution in [-0.4, -0.2) is 23.3 Å². The van der Waals surface area contributed by atoms with Crippen LogP contribution in [0.4, 0.5) is 5.69 Å². The third-order valence-electron chi connectivity index (χ3n) is 3.78. The molecule has 1 aliphatic heterocycles. The molecule has 2 aromatic rings. The molecule has 0 saturated heterocycles. The predicted molar refractivity (Wildman–Crippen MR) is 104 cm³/mol. The number of carbonyl (C=O) groups is 1. The van der Waals surface area contributed by atoms with Gasteiger partial charge in [0.1, 0.15) is 0 Å². The first-order valence-corrected chi connectivity index (χ1v) is 8.69. The number of rotatable bonds is 4. The molecule has 0 fully saturated rings. The summed E-state index contributed by atoms with van der Waals surface area (Å²) in [6.45, 7) is 3.93. The molecule has 134 valence electrons. The lowest BCUT2D eigenvalue weighted by atomic mass is 10.1. The Morgan fingerprint density at radius 1 is 1.27 bits per heavy atom. The van der Waals surface area contributed by atoms with E-state index in [1.165, 1.54) is 5.01 Å². The van der Waals surface area contributed by atoms with Gasteiger partial charge < -0.3 is 9.84 Å². The summed E-state index contributed by atoms with van der Waals surface area (Å²) < 4.78 is 5.38. The molecule has 1 heterocycles. The van der Waals surface area contributed by atoms with Crippen molar-refractivity contribution in [3.05, 3.63) is 57.6 Å². The lowest BCUT2D eigenvalue weighted by molar-refractivity contribution is -0.114. The number of phenols is 1. The number of phenolic OH excluding ortho intramolecular Hbond substituents is 1. The molecule has 1 amide bonds. The molecule has 0 unspecified atom stereocenters. The van der Waals surface area contributed by atoms with E-state index >= 15 is 0 Å². The second-order valence-corrected chi connectivity index (χ2v) is 6.47. The highest BCUT2D eigenvalue weighted by atomic mass is 35.5. The molecule has 2 aromatic carbocycles. The van der Waals surface area contributed by atoms with Gasteiger partial charge in [-0.3, -0.25) is 4.79 Å². The number of amides is 1. The van der Waals surface area contributed by atoms with E-state index in [1.807, 2.05) is 0 Å². The predicted octanol–water partition coefficient (Wildman–Crippen LogP) is 4.90. The molecule has 26 heavy (non-hydrogen) atoms. The molecule has 0 bridgehead atoms. The smallest absolute Gasteiger partial charge is 0.280 e. The maximum Gasteiger partial charge on any atom is 0.280 e. The number of nitrogens with zero attached hydrogens (tertiary/aromatic N) is 2. The van der Waals surface area contributed by atoms with Crippen molar-refractivity contribution in [2.24, 2.45) is 5.10 Å². The molecule has 0 saturated carbocycles. The van der Waals surface area contributed by atoms with Crippen molar-refractivity contribution in [3.8, 4) is 11.5 Å². The topological polar surface area (TPSA) is 62.1 Å². The van der Waals surface area contributed by atoms with E-state index in [9.17, 15) is 9.90 Å². The number of ether oxygens (including phenoxy) is 1. The fourth-order valence-corrected chi connectivity index (χ4v) is 2.98. The SMILES string of the molecule is CCOc1cc(/C=C2/C(=O)N(c3cccc(Cl)c3)N=C2C)cc(Cl)c1O. The number of anilines is 1. The Kier molecular flexibility index (Phi) is 5.20. The first-order valence-electron chi connectivity index (χ1n) is 7.93. The van der Waals surface area contributed by atoms with Gasteiger partial charge in [0.05, 0.1) is 28.6 Å². The normalized spacial score (nSPS) is 15.5. The van der Waals surface area contributed by atoms with Gasteiger partial charge in [-0.1, -0.05) is 29.3 Å². The van der Waals surface area contributed by atoms with Crippen molar-refractivity contribution in [1.29, 1.82) is 0 Å². The van der Waals surface area contributed by atoms with E-state index in [0.717, 1.165) is 0 Å². The van der Waals surface area contributed by atoms with Gasteiger partial charge in [-0.25, -0.2) is 0 Å². The number of hydrazone groups is 1. The van der Waals surface area contributed by atoms with Crippen LogP contribution in [0.1, 0.15) is 19.4 Å². The molecule has 0 spiro atoms. The Bertz CT molecular complexity index is 938. The number of hydrogen-bond acceptors (Lipinski definition) is 4. The van der Waals surface area contributed by atoms with E-state index in [2.05, 4.69) is 5.10 Å². The van der Waals surface area contributed by atoms with Crippen LogP contribution in [0, 0.1) is 0 Å². The average molecular weight is 391 g/mol. The summed E-state index contributed by atoms with van der Waals surface area (Å²) in [4.78, 5) is 12.8. The first-order chi connectivity index (χ1) is 12.4. The fourth-order valence-electron chi connectivity index (χ4n) is 2.58. The van der Waals surface area contributed by atoms with Gasteiger partial charge in [0.2, 0.25) is 0 Å². The molecule has 0 atom stereocenters. The molecule has 7 heteroatoms. The molecule has 0 radical (unpaired) electrons. The van der Waals surface area contributed by atoms with Crippen molar-refractivity contribution >= 4 is 46.6 Å². The summed E-state index contributed by atoms with van der Waals surface area (Å²) in [6.07, 6.45) is 1.67. The summed E-state index contributed by atoms with van der Waals surface area (Å²) in [5.74, 6) is -0.134. The monoisotopic (exact) mass is 390 g/mol. The first kappa shape index (κ1) is 18.3. The second-order valence-electron chi connectivity index (χ2n) is 5.62. The van der Waals surface area contributed by atoms with Gasteiger partial charge in [0, 0.05) is 5.02 Å². The highest BCUT2D eigenvalue weighted by Crippen LogP contribution is 2.36. The van der Waals surface area contributed by atoms with Gasteiger partial charge in [0.25, 0.3) is 5.91 Å². The zero-order valence-electron chi connectivity index (χ0n) is 14.2. The van der Waals surface area contributed by atoms with Crippen molar-refractivity contribution in [1.82, 2.24) is 0 Å². The van der Waals surface area contributed by atoms with E-state index in [0.29, 0.717) is 34.2 Å². The average Bonchev–Trinajstić information content (AvgIpc) is 2.87. The molecule has 3 rings (SSSR count). The van der Waals surface area contributed by atoms with E-state index in [-0.39, 0.29) is 22.4 Å². The minimum absolute atomic E-state index is 0.126. The Hall–Kier alpha value is -2.50. The highest BCUT2D eigenvalue weighted by molar-refractivity contribution is 6.34. The van der Waals surface area contributed by atoms with Gasteiger partial charge >= 0.3 is 0 Å². The third kappa shape index (κ3) is 3.54. The van der Waals surface area contributed by atoms with E-state index in [4.69, 9.17) is 27.9 Å². The molecule has 0 aromatic heterocycles. The summed E-state index contributed by atoms with van der Waals surface area (Å²) in [5.41, 5.74) is 2.21. The van der Waals surface area contributed by atoms with Crippen LogP contribution in [-0.2, 0) is 4.79 Å². The summed E-state index contributed by atoms with van der Waals surface area (Å²) in [7, 11) is 0. The lowest BCUT2D eigenvalue weighted by Gasteiger charge is -2.12. The maximum absolute atomic E-state index is 12.8. The van der Waals surface area contributed by atoms with Gasteiger partial charge in [-0.2, -0.15) is 10.1 Å². The lowest BCUT2D eigenvalue weighted by Crippen LogP contribution is -2.21. The highest BCUT2D eigenvalue weighted by Gasteiger charge is 2.29. The van der Waals surface area contributed by atoms with E-state index < -0.39 is 0 Å². The van der Waals surface area contributed by atoms with Crippen LogP contribution >= 0.6 is 23.2 Å². The van der Waals surface area contributed by atoms with Gasteiger partial charge in [-0.05, 0) is 55.8 Å². The van der Waals surface area contributed by atoms with Gasteiger partial charge in [-0.15, -0.1) is 0 Å². The molecule has 5 nitrogen and oxygen atoms in total. The molecule has 1 N–H and O–H groups in total. The van der Waals surface area contributed by atoms with Crippen molar-refractivity contribution in [2.75, 3.05) is 11.6 Å². The van der Waals surface area contributed by atoms with Crippen molar-refractivity contribution < 1.29 is 14.6 Å². The zero-order valence-corrected chi connectivity index (χ0v) is 15.7. The molecule has 1 aliphatic rings. The zero-order chi connectivity index (χ0) is 18.8. The molecular weight excluding hydrogens is 375 g/mol. The Morgan fingerprint density at radius 3 is 2.73 bits per heavy atom. The number of benzene rings is 2. The number of carbonyl (C=O) groups excluding carboxylic acids is 1. The van der Waals surface area contributed by atoms with Crippen LogP contribution in [0.2, 0.25) is 10.0 Å². The third-order valence-corrected chi connectivity index (χ3v) is 4.30. The van der Waals surface area contributed by atoms with Crippen molar-refractivity contribution in [3.63, 3.8) is 0 Å². The minimum atomic E-state index is -0.271.